The third-order valence-electron chi connectivity index (χ3n) is 2.66. The lowest BCUT2D eigenvalue weighted by Crippen LogP contribution is -2.07. The van der Waals surface area contributed by atoms with Crippen LogP contribution < -0.4 is 0 Å². The van der Waals surface area contributed by atoms with Crippen molar-refractivity contribution in [2.24, 2.45) is 0 Å². The maximum absolute atomic E-state index is 12.7. The van der Waals surface area contributed by atoms with Gasteiger partial charge in [-0.15, -0.1) is 0 Å². The number of nitriles is 1. The van der Waals surface area contributed by atoms with Crippen LogP contribution in [-0.4, -0.2) is 9.78 Å². The number of benzene rings is 1. The first-order chi connectivity index (χ1) is 8.95. The van der Waals surface area contributed by atoms with Crippen molar-refractivity contribution in [1.82, 2.24) is 9.78 Å². The van der Waals surface area contributed by atoms with E-state index in [0.29, 0.717) is 23.4 Å². The molecule has 19 heavy (non-hydrogen) atoms. The van der Waals surface area contributed by atoms with Crippen LogP contribution in [0.1, 0.15) is 23.9 Å². The van der Waals surface area contributed by atoms with Crippen molar-refractivity contribution in [3.63, 3.8) is 0 Å². The molecule has 6 heteroatoms. The number of hydrogen-bond donors (Lipinski definition) is 0. The molecule has 0 fully saturated rings. The Balaban J connectivity index is 2.55. The fourth-order valence-corrected chi connectivity index (χ4v) is 1.74. The molecule has 0 saturated heterocycles. The van der Waals surface area contributed by atoms with Crippen molar-refractivity contribution in [2.75, 3.05) is 0 Å². The van der Waals surface area contributed by atoms with E-state index in [4.69, 9.17) is 5.26 Å². The summed E-state index contributed by atoms with van der Waals surface area (Å²) in [5, 5.41) is 12.4. The number of hydrogen-bond acceptors (Lipinski definition) is 2. The molecule has 0 aliphatic heterocycles. The summed E-state index contributed by atoms with van der Waals surface area (Å²) >= 11 is 0. The highest BCUT2D eigenvalue weighted by molar-refractivity contribution is 5.42. The molecule has 1 heterocycles. The first-order valence-corrected chi connectivity index (χ1v) is 5.62. The molecule has 0 atom stereocenters. The molecule has 3 nitrogen and oxygen atoms in total. The van der Waals surface area contributed by atoms with E-state index in [9.17, 15) is 13.2 Å². The number of halogens is 3. The Morgan fingerprint density at radius 3 is 2.63 bits per heavy atom. The van der Waals surface area contributed by atoms with Crippen molar-refractivity contribution >= 4 is 0 Å². The van der Waals surface area contributed by atoms with Crippen molar-refractivity contribution in [3.05, 3.63) is 47.3 Å². The SMILES string of the molecule is CCc1cc(C(F)(F)F)nn1-c1cccc(C#N)c1. The van der Waals surface area contributed by atoms with E-state index >= 15 is 0 Å². The maximum atomic E-state index is 12.7. The smallest absolute Gasteiger partial charge is 0.237 e. The minimum atomic E-state index is -4.47. The molecule has 0 amide bonds. The lowest BCUT2D eigenvalue weighted by Gasteiger charge is -2.06. The minimum Gasteiger partial charge on any atom is -0.237 e. The van der Waals surface area contributed by atoms with E-state index in [0.717, 1.165) is 6.07 Å². The molecule has 0 N–H and O–H groups in total. The Labute approximate surface area is 107 Å². The average Bonchev–Trinajstić information content (AvgIpc) is 2.83. The Morgan fingerprint density at radius 2 is 2.05 bits per heavy atom. The van der Waals surface area contributed by atoms with Gasteiger partial charge in [-0.25, -0.2) is 4.68 Å². The van der Waals surface area contributed by atoms with E-state index in [1.807, 2.05) is 6.07 Å². The fraction of sp³-hybridized carbons (Fsp3) is 0.231. The Hall–Kier alpha value is -2.29. The third kappa shape index (κ3) is 2.60. The quantitative estimate of drug-likeness (QED) is 0.835. The molecular weight excluding hydrogens is 255 g/mol. The monoisotopic (exact) mass is 265 g/mol. The maximum Gasteiger partial charge on any atom is 0.435 e. The summed E-state index contributed by atoms with van der Waals surface area (Å²) in [7, 11) is 0. The highest BCUT2D eigenvalue weighted by Gasteiger charge is 2.34. The molecular formula is C13H10F3N3. The summed E-state index contributed by atoms with van der Waals surface area (Å²) < 4.78 is 39.2. The lowest BCUT2D eigenvalue weighted by atomic mass is 10.2. The van der Waals surface area contributed by atoms with E-state index in [1.54, 1.807) is 25.1 Å². The van der Waals surface area contributed by atoms with E-state index in [1.165, 1.54) is 10.7 Å². The topological polar surface area (TPSA) is 41.6 Å². The highest BCUT2D eigenvalue weighted by Crippen LogP contribution is 2.29. The zero-order chi connectivity index (χ0) is 14.0. The fourth-order valence-electron chi connectivity index (χ4n) is 1.74. The molecule has 0 bridgehead atoms. The second-order valence-electron chi connectivity index (χ2n) is 3.95. The minimum absolute atomic E-state index is 0.378. The Morgan fingerprint density at radius 1 is 1.32 bits per heavy atom. The standard InChI is InChI=1S/C13H10F3N3/c1-2-10-7-12(13(14,15)16)18-19(10)11-5-3-4-9(6-11)8-17/h3-7H,2H2,1H3. The molecule has 0 radical (unpaired) electrons. The van der Waals surface area contributed by atoms with Crippen LogP contribution in [-0.2, 0) is 12.6 Å². The van der Waals surface area contributed by atoms with Gasteiger partial charge in [0.15, 0.2) is 5.69 Å². The summed E-state index contributed by atoms with van der Waals surface area (Å²) in [6, 6.07) is 9.30. The van der Waals surface area contributed by atoms with Gasteiger partial charge in [-0.1, -0.05) is 13.0 Å². The van der Waals surface area contributed by atoms with Crippen LogP contribution >= 0.6 is 0 Å². The predicted molar refractivity (Wildman–Crippen MR) is 62.7 cm³/mol. The van der Waals surface area contributed by atoms with Crippen LogP contribution in [0.15, 0.2) is 30.3 Å². The van der Waals surface area contributed by atoms with E-state index in [-0.39, 0.29) is 0 Å². The van der Waals surface area contributed by atoms with Gasteiger partial charge in [0.2, 0.25) is 0 Å². The molecule has 2 rings (SSSR count). The summed E-state index contributed by atoms with van der Waals surface area (Å²) in [5.41, 5.74) is 0.351. The van der Waals surface area contributed by atoms with E-state index < -0.39 is 11.9 Å². The first kappa shape index (κ1) is 13.1. The molecule has 1 aromatic heterocycles. The number of nitrogens with zero attached hydrogens (tertiary/aromatic N) is 3. The molecule has 0 aliphatic carbocycles. The Kier molecular flexibility index (Phi) is 3.30. The van der Waals surface area contributed by atoms with Crippen molar-refractivity contribution in [1.29, 1.82) is 5.26 Å². The molecule has 0 aliphatic rings. The van der Waals surface area contributed by atoms with Gasteiger partial charge in [0.1, 0.15) is 0 Å². The van der Waals surface area contributed by atoms with Gasteiger partial charge < -0.3 is 0 Å². The zero-order valence-electron chi connectivity index (χ0n) is 10.1. The number of aryl methyl sites for hydroxylation is 1. The molecule has 98 valence electrons. The summed E-state index contributed by atoms with van der Waals surface area (Å²) in [6.45, 7) is 1.75. The number of aromatic nitrogens is 2. The summed E-state index contributed by atoms with van der Waals surface area (Å²) in [5.74, 6) is 0. The first-order valence-electron chi connectivity index (χ1n) is 5.62. The van der Waals surface area contributed by atoms with Crippen LogP contribution in [0.3, 0.4) is 0 Å². The van der Waals surface area contributed by atoms with Crippen LogP contribution in [0.25, 0.3) is 5.69 Å². The van der Waals surface area contributed by atoms with Crippen LogP contribution in [0, 0.1) is 11.3 Å². The van der Waals surface area contributed by atoms with Gasteiger partial charge in [0.05, 0.1) is 17.3 Å². The predicted octanol–water partition coefficient (Wildman–Crippen LogP) is 3.33. The normalized spacial score (nSPS) is 11.3. The zero-order valence-corrected chi connectivity index (χ0v) is 10.1. The van der Waals surface area contributed by atoms with Crippen LogP contribution in [0.4, 0.5) is 13.2 Å². The lowest BCUT2D eigenvalue weighted by molar-refractivity contribution is -0.141. The summed E-state index contributed by atoms with van der Waals surface area (Å²) in [4.78, 5) is 0. The van der Waals surface area contributed by atoms with Gasteiger partial charge in [-0.2, -0.15) is 23.5 Å². The molecule has 0 unspecified atom stereocenters. The van der Waals surface area contributed by atoms with E-state index in [2.05, 4.69) is 5.10 Å². The van der Waals surface area contributed by atoms with Gasteiger partial charge in [-0.05, 0) is 30.7 Å². The largest absolute Gasteiger partial charge is 0.435 e. The van der Waals surface area contributed by atoms with Gasteiger partial charge in [0, 0.05) is 5.69 Å². The van der Waals surface area contributed by atoms with Crippen LogP contribution in [0.5, 0.6) is 0 Å². The van der Waals surface area contributed by atoms with Crippen LogP contribution in [0.2, 0.25) is 0 Å². The summed E-state index contributed by atoms with van der Waals surface area (Å²) in [6.07, 6.45) is -4.05. The second-order valence-corrected chi connectivity index (χ2v) is 3.95. The highest BCUT2D eigenvalue weighted by atomic mass is 19.4. The van der Waals surface area contributed by atoms with Crippen molar-refractivity contribution in [3.8, 4) is 11.8 Å². The van der Waals surface area contributed by atoms with Gasteiger partial charge in [0.25, 0.3) is 0 Å². The average molecular weight is 265 g/mol. The van der Waals surface area contributed by atoms with Crippen molar-refractivity contribution in [2.45, 2.75) is 19.5 Å². The number of alkyl halides is 3. The molecule has 0 saturated carbocycles. The van der Waals surface area contributed by atoms with Crippen molar-refractivity contribution < 1.29 is 13.2 Å². The number of rotatable bonds is 2. The third-order valence-corrected chi connectivity index (χ3v) is 2.66. The second kappa shape index (κ2) is 4.76. The molecule has 0 spiro atoms. The molecule has 2 aromatic rings. The molecule has 1 aromatic carbocycles. The Bertz CT molecular complexity index is 635. The van der Waals surface area contributed by atoms with Gasteiger partial charge in [-0.3, -0.25) is 0 Å². The van der Waals surface area contributed by atoms with Gasteiger partial charge >= 0.3 is 6.18 Å².